The first kappa shape index (κ1) is 31.4. The summed E-state index contributed by atoms with van der Waals surface area (Å²) < 4.78 is 6.13. The lowest BCUT2D eigenvalue weighted by Crippen LogP contribution is -2.70. The van der Waals surface area contributed by atoms with Gasteiger partial charge in [0.2, 0.25) is 5.88 Å². The van der Waals surface area contributed by atoms with Gasteiger partial charge in [-0.2, -0.15) is 9.50 Å². The molecule has 18 nitrogen and oxygen atoms in total. The zero-order chi connectivity index (χ0) is 32.5. The second kappa shape index (κ2) is 13.0. The van der Waals surface area contributed by atoms with E-state index in [4.69, 9.17) is 15.3 Å². The van der Waals surface area contributed by atoms with Gasteiger partial charge in [0.1, 0.15) is 29.8 Å². The normalized spacial score (nSPS) is 19.9. The number of hydrogen-bond donors (Lipinski definition) is 4. The van der Waals surface area contributed by atoms with E-state index < -0.39 is 34.9 Å². The number of nitrogen functional groups attached to an aromatic ring is 1. The van der Waals surface area contributed by atoms with Crippen LogP contribution in [0.3, 0.4) is 0 Å². The highest BCUT2D eigenvalue weighted by atomic mass is 32.2. The second-order valence-corrected chi connectivity index (χ2v) is 13.1. The van der Waals surface area contributed by atoms with Crippen molar-refractivity contribution in [3.8, 4) is 0 Å². The summed E-state index contributed by atoms with van der Waals surface area (Å²) in [4.78, 5) is 83.9. The Hall–Kier alpha value is -4.63. The maximum absolute atomic E-state index is 13.2. The summed E-state index contributed by atoms with van der Waals surface area (Å²) in [6, 6.07) is -1.01. The molecule has 3 aromatic heterocycles. The number of H-pyrrole nitrogens is 1. The van der Waals surface area contributed by atoms with E-state index in [0.29, 0.717) is 18.7 Å². The number of carbonyl (C=O) groups is 4. The maximum Gasteiger partial charge on any atom is 0.512 e. The number of ether oxygens (including phenoxy) is 1. The molecule has 2 fully saturated rings. The summed E-state index contributed by atoms with van der Waals surface area (Å²) in [5.41, 5.74) is 5.48. The van der Waals surface area contributed by atoms with Crippen LogP contribution in [-0.4, -0.2) is 112 Å². The van der Waals surface area contributed by atoms with Gasteiger partial charge in [0.15, 0.2) is 16.0 Å². The molecule has 0 radical (unpaired) electrons. The van der Waals surface area contributed by atoms with Gasteiger partial charge in [-0.3, -0.25) is 29.2 Å². The lowest BCUT2D eigenvalue weighted by molar-refractivity contribution is -0.148. The third kappa shape index (κ3) is 5.99. The fraction of sp³-hybridized carbons (Fsp3) is 0.400. The number of β-lactam (4-membered cyclic amide) rings is 1. The summed E-state index contributed by atoms with van der Waals surface area (Å²) in [5, 5.41) is 19.9. The van der Waals surface area contributed by atoms with Gasteiger partial charge in [-0.25, -0.2) is 14.8 Å². The number of thiazole rings is 1. The lowest BCUT2D eigenvalue weighted by atomic mass is 10.1. The SMILES string of the molecule is CO/N=C(\C(=O)N[C@@H]1C(=O)N2C(OC(=O)O)=C(CSc3nc4ncc(C(=O)N5CCCCC5)c(=O)n4[nH]3)CS[C@H]12)c1csc(N)n1. The number of nitrogens with zero attached hydrogens (tertiary/aromatic N) is 7. The second-order valence-electron chi connectivity index (χ2n) is 10.1. The first-order chi connectivity index (χ1) is 22.2. The lowest BCUT2D eigenvalue weighted by Gasteiger charge is -2.49. The predicted molar refractivity (Wildman–Crippen MR) is 165 cm³/mol. The van der Waals surface area contributed by atoms with Crippen LogP contribution < -0.4 is 16.6 Å². The van der Waals surface area contributed by atoms with Gasteiger partial charge < -0.3 is 30.6 Å². The predicted octanol–water partition coefficient (Wildman–Crippen LogP) is 0.531. The molecular weight excluding hydrogens is 665 g/mol. The number of oxime groups is 1. The molecule has 3 aliphatic rings. The van der Waals surface area contributed by atoms with Gasteiger partial charge >= 0.3 is 6.16 Å². The molecule has 0 aliphatic carbocycles. The Morgan fingerprint density at radius 2 is 2.02 bits per heavy atom. The molecule has 2 atom stereocenters. The summed E-state index contributed by atoms with van der Waals surface area (Å²) in [7, 11) is 1.25. The van der Waals surface area contributed by atoms with Crippen LogP contribution in [0.15, 0.2) is 38.1 Å². The van der Waals surface area contributed by atoms with Crippen LogP contribution in [0.25, 0.3) is 5.78 Å². The van der Waals surface area contributed by atoms with Crippen molar-refractivity contribution in [2.45, 2.75) is 35.8 Å². The number of aromatic nitrogens is 5. The number of anilines is 1. The van der Waals surface area contributed by atoms with Crippen molar-refractivity contribution in [3.05, 3.63) is 44.6 Å². The van der Waals surface area contributed by atoms with Crippen LogP contribution in [0, 0.1) is 0 Å². The van der Waals surface area contributed by atoms with E-state index in [1.54, 1.807) is 4.90 Å². The van der Waals surface area contributed by atoms with Crippen molar-refractivity contribution in [3.63, 3.8) is 0 Å². The molecule has 3 aromatic rings. The molecular formula is C25H26N10O8S3. The van der Waals surface area contributed by atoms with Crippen LogP contribution in [0.2, 0.25) is 0 Å². The number of likely N-dealkylation sites (tertiary alicyclic amines) is 1. The average molecular weight is 691 g/mol. The van der Waals surface area contributed by atoms with E-state index in [-0.39, 0.29) is 56.3 Å². The minimum Gasteiger partial charge on any atom is -0.449 e. The molecule has 0 aromatic carbocycles. The minimum absolute atomic E-state index is 0.0602. The number of nitrogens with two attached hydrogens (primary N) is 1. The Bertz CT molecular complexity index is 1850. The van der Waals surface area contributed by atoms with E-state index in [1.165, 1.54) is 35.3 Å². The van der Waals surface area contributed by atoms with Gasteiger partial charge in [-0.15, -0.1) is 23.1 Å². The first-order valence-electron chi connectivity index (χ1n) is 13.8. The average Bonchev–Trinajstić information content (AvgIpc) is 3.67. The molecule has 5 N–H and O–H groups in total. The van der Waals surface area contributed by atoms with Crippen molar-refractivity contribution in [2.24, 2.45) is 5.16 Å². The summed E-state index contributed by atoms with van der Waals surface area (Å²) in [6.45, 7) is 1.16. The third-order valence-electron chi connectivity index (χ3n) is 7.23. The Morgan fingerprint density at radius 3 is 2.72 bits per heavy atom. The van der Waals surface area contributed by atoms with Crippen LogP contribution in [0.4, 0.5) is 9.93 Å². The first-order valence-corrected chi connectivity index (χ1v) is 16.7. The van der Waals surface area contributed by atoms with Crippen molar-refractivity contribution in [2.75, 3.05) is 37.4 Å². The van der Waals surface area contributed by atoms with E-state index in [2.05, 4.69) is 30.5 Å². The number of nitrogens with one attached hydrogen (secondary N) is 2. The molecule has 21 heteroatoms. The number of fused-ring (bicyclic) bond motifs is 2. The zero-order valence-electron chi connectivity index (χ0n) is 24.0. The van der Waals surface area contributed by atoms with Crippen molar-refractivity contribution < 1.29 is 33.9 Å². The molecule has 0 spiro atoms. The molecule has 6 heterocycles. The van der Waals surface area contributed by atoms with Crippen molar-refractivity contribution >= 4 is 75.4 Å². The van der Waals surface area contributed by atoms with E-state index in [9.17, 15) is 29.1 Å². The Balaban J connectivity index is 1.17. The van der Waals surface area contributed by atoms with Crippen LogP contribution >= 0.6 is 34.9 Å². The fourth-order valence-electron chi connectivity index (χ4n) is 5.08. The molecule has 0 bridgehead atoms. The maximum atomic E-state index is 13.2. The standard InChI is InChI=1S/C25H26N10O8S3/c1-42-32-14(13-10-45-22(26)28-13)16(36)29-15-19(39)34-20(43-25(40)41)11(8-44-21(15)34)9-46-24-30-23-27-7-12(18(38)35(23)31-24)17(37)33-5-3-2-4-6-33/h7,10,15,21H,2-6,8-9H2,1H3,(H2,26,28)(H,29,36)(H,40,41)(H,27,30,31)/b32-14-/t15-,21-/m1/s1. The van der Waals surface area contributed by atoms with Gasteiger partial charge in [0.05, 0.1) is 0 Å². The fourth-order valence-corrected chi connectivity index (χ4v) is 7.92. The number of aromatic amines is 1. The number of hydrogen-bond acceptors (Lipinski definition) is 15. The molecule has 46 heavy (non-hydrogen) atoms. The number of carbonyl (C=O) groups excluding carboxylic acids is 3. The Labute approximate surface area is 271 Å². The van der Waals surface area contributed by atoms with Crippen LogP contribution in [0.5, 0.6) is 0 Å². The van der Waals surface area contributed by atoms with Crippen LogP contribution in [0.1, 0.15) is 35.3 Å². The van der Waals surface area contributed by atoms with Gasteiger partial charge in [-0.05, 0) is 19.3 Å². The Morgan fingerprint density at radius 1 is 1.24 bits per heavy atom. The molecule has 6 rings (SSSR count). The van der Waals surface area contributed by atoms with Gasteiger partial charge in [0, 0.05) is 41.7 Å². The molecule has 242 valence electrons. The van der Waals surface area contributed by atoms with E-state index in [1.807, 2.05) is 0 Å². The van der Waals surface area contributed by atoms with Crippen molar-refractivity contribution in [1.29, 1.82) is 0 Å². The van der Waals surface area contributed by atoms with Crippen molar-refractivity contribution in [1.82, 2.24) is 39.7 Å². The van der Waals surface area contributed by atoms with Crippen LogP contribution in [-0.2, 0) is 19.2 Å². The van der Waals surface area contributed by atoms with Gasteiger partial charge in [0.25, 0.3) is 29.1 Å². The highest BCUT2D eigenvalue weighted by molar-refractivity contribution is 8.01. The smallest absolute Gasteiger partial charge is 0.449 e. The zero-order valence-corrected chi connectivity index (χ0v) is 26.4. The number of rotatable bonds is 9. The quantitative estimate of drug-likeness (QED) is 0.0788. The van der Waals surface area contributed by atoms with E-state index in [0.717, 1.165) is 46.9 Å². The minimum atomic E-state index is -1.62. The topological polar surface area (TPSA) is 240 Å². The number of amides is 3. The Kier molecular flexibility index (Phi) is 8.86. The molecule has 3 aliphatic heterocycles. The molecule has 0 saturated carbocycles. The monoisotopic (exact) mass is 690 g/mol. The summed E-state index contributed by atoms with van der Waals surface area (Å²) >= 11 is 3.52. The number of piperidine rings is 1. The molecule has 3 amide bonds. The molecule has 2 saturated heterocycles. The highest BCUT2D eigenvalue weighted by Gasteiger charge is 2.54. The summed E-state index contributed by atoms with van der Waals surface area (Å²) in [5.74, 6) is -1.43. The largest absolute Gasteiger partial charge is 0.512 e. The number of thioether (sulfide) groups is 2. The molecule has 0 unspecified atom stereocenters. The number of carboxylic acid groups (broad SMARTS) is 1. The summed E-state index contributed by atoms with van der Waals surface area (Å²) in [6.07, 6.45) is 2.39. The van der Waals surface area contributed by atoms with Gasteiger partial charge in [-0.1, -0.05) is 16.9 Å². The third-order valence-corrected chi connectivity index (χ3v) is 10.2. The highest BCUT2D eigenvalue weighted by Crippen LogP contribution is 2.42. The van der Waals surface area contributed by atoms with E-state index >= 15 is 0 Å².